The third kappa shape index (κ3) is 2.75. The monoisotopic (exact) mass is 475 g/mol. The highest BCUT2D eigenvalue weighted by Gasteiger charge is 2.18. The zero-order valence-electron chi connectivity index (χ0n) is 19.8. The van der Waals surface area contributed by atoms with Gasteiger partial charge in [-0.15, -0.1) is 0 Å². The van der Waals surface area contributed by atoms with Crippen LogP contribution in [0.3, 0.4) is 0 Å². The van der Waals surface area contributed by atoms with E-state index in [1.165, 1.54) is 26.9 Å². The molecule has 0 aliphatic carbocycles. The van der Waals surface area contributed by atoms with Crippen LogP contribution in [0.5, 0.6) is 5.75 Å². The summed E-state index contributed by atoms with van der Waals surface area (Å²) in [6, 6.07) is 39.5. The summed E-state index contributed by atoms with van der Waals surface area (Å²) in [6.45, 7) is 0. The molecular formula is C33H21N3O. The summed E-state index contributed by atoms with van der Waals surface area (Å²) in [7, 11) is 0. The molecule has 4 heteroatoms. The molecule has 0 unspecified atom stereocenters. The first-order valence-corrected chi connectivity index (χ1v) is 12.4. The fourth-order valence-electron chi connectivity index (χ4n) is 5.86. The van der Waals surface area contributed by atoms with Crippen LogP contribution in [-0.2, 0) is 0 Å². The Morgan fingerprint density at radius 1 is 0.541 bits per heavy atom. The lowest BCUT2D eigenvalue weighted by Crippen LogP contribution is -1.87. The number of H-pyrrole nitrogens is 1. The summed E-state index contributed by atoms with van der Waals surface area (Å²) in [5.74, 6) is 0.832. The second-order valence-electron chi connectivity index (χ2n) is 9.45. The number of aromatic nitrogens is 3. The predicted octanol–water partition coefficient (Wildman–Crippen LogP) is 8.36. The minimum absolute atomic E-state index is 0.197. The Kier molecular flexibility index (Phi) is 4.06. The minimum atomic E-state index is 0.197. The number of aromatic hydroxyl groups is 1. The Bertz CT molecular complexity index is 2220. The van der Waals surface area contributed by atoms with E-state index in [9.17, 15) is 5.11 Å². The summed E-state index contributed by atoms with van der Waals surface area (Å²) >= 11 is 0. The molecule has 0 radical (unpaired) electrons. The Labute approximate surface area is 211 Å². The number of phenols is 1. The second-order valence-corrected chi connectivity index (χ2v) is 9.45. The number of nitrogens with one attached hydrogen (secondary N) is 1. The Morgan fingerprint density at radius 3 is 1.84 bits per heavy atom. The molecule has 0 aliphatic heterocycles. The van der Waals surface area contributed by atoms with E-state index in [-0.39, 0.29) is 5.75 Å². The second kappa shape index (κ2) is 7.45. The summed E-state index contributed by atoms with van der Waals surface area (Å²) in [4.78, 5) is 8.79. The number of benzene rings is 5. The molecule has 8 aromatic rings. The fourth-order valence-corrected chi connectivity index (χ4v) is 5.86. The van der Waals surface area contributed by atoms with Crippen molar-refractivity contribution >= 4 is 59.9 Å². The van der Waals surface area contributed by atoms with Crippen LogP contribution in [-0.4, -0.2) is 19.5 Å². The van der Waals surface area contributed by atoms with Crippen LogP contribution in [0.15, 0.2) is 115 Å². The summed E-state index contributed by atoms with van der Waals surface area (Å²) in [6.07, 6.45) is 0. The number of nitrogens with zero attached hydrogens (tertiary/aromatic N) is 2. The van der Waals surface area contributed by atoms with E-state index in [4.69, 9.17) is 4.98 Å². The smallest absolute Gasteiger partial charge is 0.164 e. The molecule has 0 aliphatic rings. The summed E-state index contributed by atoms with van der Waals surface area (Å²) < 4.78 is 2.29. The third-order valence-electron chi connectivity index (χ3n) is 7.45. The van der Waals surface area contributed by atoms with Crippen LogP contribution in [0.2, 0.25) is 0 Å². The van der Waals surface area contributed by atoms with Crippen molar-refractivity contribution in [2.24, 2.45) is 0 Å². The van der Waals surface area contributed by atoms with Crippen molar-refractivity contribution in [3.8, 4) is 17.1 Å². The number of imidazole rings is 1. The Balaban J connectivity index is 1.78. The predicted molar refractivity (Wildman–Crippen MR) is 153 cm³/mol. The Morgan fingerprint density at radius 2 is 1.08 bits per heavy atom. The van der Waals surface area contributed by atoms with Crippen LogP contribution < -0.4 is 0 Å². The van der Waals surface area contributed by atoms with Gasteiger partial charge in [-0.25, -0.2) is 4.98 Å². The molecule has 0 spiro atoms. The highest BCUT2D eigenvalue weighted by Crippen LogP contribution is 2.39. The van der Waals surface area contributed by atoms with Gasteiger partial charge in [-0.1, -0.05) is 97.1 Å². The maximum Gasteiger partial charge on any atom is 0.164 e. The number of para-hydroxylation sites is 3. The third-order valence-corrected chi connectivity index (χ3v) is 7.45. The molecule has 3 heterocycles. The van der Waals surface area contributed by atoms with Crippen molar-refractivity contribution in [2.75, 3.05) is 0 Å². The number of fused-ring (bicyclic) bond motifs is 10. The van der Waals surface area contributed by atoms with E-state index in [2.05, 4.69) is 100 Å². The van der Waals surface area contributed by atoms with Gasteiger partial charge in [0.1, 0.15) is 11.6 Å². The topological polar surface area (TPSA) is 53.3 Å². The number of aromatic amines is 1. The molecule has 4 nitrogen and oxygen atoms in total. The van der Waals surface area contributed by atoms with E-state index >= 15 is 0 Å². The van der Waals surface area contributed by atoms with Crippen molar-refractivity contribution in [3.63, 3.8) is 0 Å². The van der Waals surface area contributed by atoms with Crippen molar-refractivity contribution in [2.45, 2.75) is 0 Å². The SMILES string of the molecule is Oc1ccccc1-c1nc2c([nH]1)c1ccccc1c1ccccc1c1cccc3c4ccccc4n2c13. The van der Waals surface area contributed by atoms with Crippen molar-refractivity contribution in [3.05, 3.63) is 115 Å². The number of rotatable bonds is 1. The lowest BCUT2D eigenvalue weighted by Gasteiger charge is -2.03. The van der Waals surface area contributed by atoms with Gasteiger partial charge in [0.05, 0.1) is 22.1 Å². The van der Waals surface area contributed by atoms with Gasteiger partial charge < -0.3 is 10.1 Å². The quantitative estimate of drug-likeness (QED) is 0.251. The number of phenolic OH excluding ortho intramolecular Hbond substituents is 1. The maximum atomic E-state index is 10.7. The van der Waals surface area contributed by atoms with Crippen LogP contribution in [0.1, 0.15) is 0 Å². The van der Waals surface area contributed by atoms with E-state index in [0.717, 1.165) is 33.0 Å². The zero-order chi connectivity index (χ0) is 24.5. The number of hydrogen-bond acceptors (Lipinski definition) is 2. The molecule has 5 aromatic carbocycles. The summed E-state index contributed by atoms with van der Waals surface area (Å²) in [5.41, 5.74) is 4.63. The molecule has 0 amide bonds. The lowest BCUT2D eigenvalue weighted by atomic mass is 10.0. The van der Waals surface area contributed by atoms with Crippen LogP contribution >= 0.6 is 0 Å². The molecule has 174 valence electrons. The average Bonchev–Trinajstić information content (AvgIpc) is 3.53. The van der Waals surface area contributed by atoms with E-state index < -0.39 is 0 Å². The summed E-state index contributed by atoms with van der Waals surface area (Å²) in [5, 5.41) is 18.8. The van der Waals surface area contributed by atoms with Gasteiger partial charge in [-0.05, 0) is 34.4 Å². The van der Waals surface area contributed by atoms with Gasteiger partial charge in [0.15, 0.2) is 5.65 Å². The first-order valence-electron chi connectivity index (χ1n) is 12.4. The van der Waals surface area contributed by atoms with Crippen molar-refractivity contribution in [1.82, 2.24) is 14.4 Å². The molecule has 37 heavy (non-hydrogen) atoms. The molecule has 0 atom stereocenters. The maximum absolute atomic E-state index is 10.7. The van der Waals surface area contributed by atoms with Crippen molar-refractivity contribution < 1.29 is 5.11 Å². The standard InChI is InChI=1S/C33H21N3O/c37-29-19-8-6-15-27(29)32-34-30-24-14-4-3-11-21(24)20-10-1-2-12-22(20)25-16-9-17-26-23-13-5-7-18-28(23)36(31(25)26)33(30)35-32/h1-19,37H,(H,34,35). The van der Waals surface area contributed by atoms with Gasteiger partial charge in [0.25, 0.3) is 0 Å². The van der Waals surface area contributed by atoms with Crippen LogP contribution in [0.4, 0.5) is 0 Å². The van der Waals surface area contributed by atoms with Gasteiger partial charge in [-0.2, -0.15) is 0 Å². The largest absolute Gasteiger partial charge is 0.507 e. The lowest BCUT2D eigenvalue weighted by molar-refractivity contribution is 0.477. The molecule has 3 aromatic heterocycles. The molecular weight excluding hydrogens is 454 g/mol. The molecule has 0 fully saturated rings. The molecule has 0 saturated carbocycles. The van der Waals surface area contributed by atoms with E-state index in [1.54, 1.807) is 6.07 Å². The van der Waals surface area contributed by atoms with Gasteiger partial charge in [0.2, 0.25) is 0 Å². The highest BCUT2D eigenvalue weighted by molar-refractivity contribution is 6.24. The van der Waals surface area contributed by atoms with E-state index in [0.29, 0.717) is 11.4 Å². The normalized spacial score (nSPS) is 11.9. The van der Waals surface area contributed by atoms with E-state index in [1.807, 2.05) is 18.2 Å². The first kappa shape index (κ1) is 20.1. The first-order chi connectivity index (χ1) is 18.3. The Hall–Kier alpha value is -5.09. The van der Waals surface area contributed by atoms with Gasteiger partial charge in [0, 0.05) is 21.5 Å². The van der Waals surface area contributed by atoms with Crippen LogP contribution in [0.25, 0.3) is 71.3 Å². The minimum Gasteiger partial charge on any atom is -0.507 e. The molecule has 2 N–H and O–H groups in total. The zero-order valence-corrected chi connectivity index (χ0v) is 19.8. The van der Waals surface area contributed by atoms with Gasteiger partial charge >= 0.3 is 0 Å². The number of hydrogen-bond donors (Lipinski definition) is 2. The highest BCUT2D eigenvalue weighted by atomic mass is 16.3. The van der Waals surface area contributed by atoms with Crippen LogP contribution in [0, 0.1) is 0 Å². The molecule has 8 rings (SSSR count). The molecule has 0 bridgehead atoms. The average molecular weight is 476 g/mol. The molecule has 0 saturated heterocycles. The van der Waals surface area contributed by atoms with Crippen molar-refractivity contribution in [1.29, 1.82) is 0 Å². The van der Waals surface area contributed by atoms with Gasteiger partial charge in [-0.3, -0.25) is 4.40 Å². The fraction of sp³-hybridized carbons (Fsp3) is 0.